The van der Waals surface area contributed by atoms with Crippen molar-refractivity contribution in [1.29, 1.82) is 0 Å². The van der Waals surface area contributed by atoms with Crippen LogP contribution in [0.15, 0.2) is 53.7 Å². The number of ether oxygens (including phenoxy) is 2. The minimum atomic E-state index is -1.01. The number of carboxylic acid groups (broad SMARTS) is 1. The first-order valence-electron chi connectivity index (χ1n) is 17.9. The quantitative estimate of drug-likeness (QED) is 0.0595. The fourth-order valence-electron chi connectivity index (χ4n) is 5.23. The van der Waals surface area contributed by atoms with Gasteiger partial charge in [0.2, 0.25) is 0 Å². The maximum Gasteiger partial charge on any atom is 1.00 e. The second kappa shape index (κ2) is 29.0. The van der Waals surface area contributed by atoms with Crippen molar-refractivity contribution in [3.63, 3.8) is 0 Å². The molecule has 7 N–H and O–H groups in total. The number of oxime groups is 1. The number of esters is 2. The zero-order valence-corrected chi connectivity index (χ0v) is 36.9. The standard InChI is InChI=1S/C14H17N3O2.C12H13N3O2.C7H11N3.C7H11NO4.CH4.Li.2H2O/c1-5-19-14(18)12-8-11(4)16-17(12)13-7-9(2)6-10(3)15-13;1-7-4-8(2)13-11(5-7)15-10(12(16)17)6-9(3)14-15;1-5-3-6(2)9-7(4-5)10-8;1-5(9)4-6(8-12-3)7(10)11-2;;;;/h6-8H,5H2,1-4H3;4-6H,1-3H3,(H,16,17);3-4H,8H2,1-2H3,(H,9,10);4H2,1-3H3;1H4;;2*1H2/q;;;;;+1;;/p-1. The predicted octanol–water partition coefficient (Wildman–Crippen LogP) is 2.02. The van der Waals surface area contributed by atoms with Crippen LogP contribution in [0.1, 0.15) is 93.8 Å². The summed E-state index contributed by atoms with van der Waals surface area (Å²) in [6.07, 6.45) is -0.0689. The number of carbonyl (C=O) groups excluding carboxylic acids is 3. The molecule has 0 fully saturated rings. The summed E-state index contributed by atoms with van der Waals surface area (Å²) in [6.45, 7) is 18.7. The summed E-state index contributed by atoms with van der Waals surface area (Å²) in [6, 6.07) is 14.7. The first-order valence-corrected chi connectivity index (χ1v) is 17.9. The number of nitrogens with zero attached hydrogens (tertiary/aromatic N) is 8. The Bertz CT molecular complexity index is 2200. The average Bonchev–Trinajstić information content (AvgIpc) is 3.73. The van der Waals surface area contributed by atoms with Gasteiger partial charge in [0.15, 0.2) is 28.7 Å². The molecule has 0 saturated heterocycles. The fourth-order valence-corrected chi connectivity index (χ4v) is 5.23. The van der Waals surface area contributed by atoms with E-state index in [9.17, 15) is 19.2 Å². The minimum absolute atomic E-state index is 0. The first kappa shape index (κ1) is 60.0. The summed E-state index contributed by atoms with van der Waals surface area (Å²) in [4.78, 5) is 61.6. The van der Waals surface area contributed by atoms with Crippen molar-refractivity contribution in [2.75, 3.05) is 26.3 Å². The molecule has 0 aliphatic rings. The van der Waals surface area contributed by atoms with E-state index in [1.807, 2.05) is 84.9 Å². The van der Waals surface area contributed by atoms with Gasteiger partial charge in [0.1, 0.15) is 18.7 Å². The number of rotatable bonds is 10. The SMILES string of the molecule is C.CCOC(=O)c1cc(C)nn1-c1cc(C)cc(C)n1.CON=C(CC(C)=O)C(=O)OC.Cc1cc(C)nc(-n2nc(C)cc2C(=O)O)c1.Cc1cc(C)nc(NN)c1.O.[Li+].[OH-]. The van der Waals surface area contributed by atoms with Crippen molar-refractivity contribution < 1.29 is 68.4 Å². The van der Waals surface area contributed by atoms with Gasteiger partial charge >= 0.3 is 36.8 Å². The third kappa shape index (κ3) is 19.4. The number of aryl methyl sites for hydroxylation is 8. The van der Waals surface area contributed by atoms with Gasteiger partial charge in [-0.05, 0) is 134 Å². The van der Waals surface area contributed by atoms with Gasteiger partial charge in [-0.3, -0.25) is 4.79 Å². The van der Waals surface area contributed by atoms with Crippen LogP contribution in [0.2, 0.25) is 0 Å². The Morgan fingerprint density at radius 2 is 1.16 bits per heavy atom. The Morgan fingerprint density at radius 1 is 0.726 bits per heavy atom. The summed E-state index contributed by atoms with van der Waals surface area (Å²) in [7, 11) is 2.51. The second-order valence-corrected chi connectivity index (χ2v) is 12.9. The van der Waals surface area contributed by atoms with E-state index in [1.54, 1.807) is 19.9 Å². The average molecular weight is 859 g/mol. The van der Waals surface area contributed by atoms with Crippen LogP contribution in [0.3, 0.4) is 0 Å². The van der Waals surface area contributed by atoms with Crippen LogP contribution in [0.25, 0.3) is 11.6 Å². The Hall–Kier alpha value is -6.30. The molecule has 21 heteroatoms. The number of nitrogen functional groups attached to an aromatic ring is 1. The second-order valence-electron chi connectivity index (χ2n) is 12.9. The number of carboxylic acids is 1. The molecule has 0 aliphatic heterocycles. The number of carbonyl (C=O) groups is 4. The Kier molecular flexibility index (Phi) is 28.1. The number of hydrogen-bond acceptors (Lipinski definition) is 16. The van der Waals surface area contributed by atoms with Gasteiger partial charge in [0.25, 0.3) is 0 Å². The summed E-state index contributed by atoms with van der Waals surface area (Å²) in [5, 5.41) is 20.9. The maximum atomic E-state index is 11.9. The number of ketones is 1. The van der Waals surface area contributed by atoms with E-state index in [1.165, 1.54) is 42.1 Å². The molecule has 5 heterocycles. The Morgan fingerprint density at radius 3 is 1.53 bits per heavy atom. The number of nitrogens with one attached hydrogen (secondary N) is 1. The van der Waals surface area contributed by atoms with E-state index in [0.717, 1.165) is 39.7 Å². The monoisotopic (exact) mass is 858 g/mol. The van der Waals surface area contributed by atoms with Gasteiger partial charge in [-0.1, -0.05) is 12.6 Å². The van der Waals surface area contributed by atoms with E-state index < -0.39 is 11.9 Å². The number of pyridine rings is 3. The molecule has 0 radical (unpaired) electrons. The minimum Gasteiger partial charge on any atom is -0.870 e. The van der Waals surface area contributed by atoms with E-state index in [4.69, 9.17) is 15.7 Å². The molecule has 20 nitrogen and oxygen atoms in total. The van der Waals surface area contributed by atoms with Crippen LogP contribution in [0.5, 0.6) is 0 Å². The van der Waals surface area contributed by atoms with E-state index in [0.29, 0.717) is 29.6 Å². The number of hydrogen-bond donors (Lipinski definition) is 3. The molecule has 0 amide bonds. The van der Waals surface area contributed by atoms with Gasteiger partial charge in [0, 0.05) is 17.1 Å². The topological polar surface area (TPSA) is 302 Å². The molecule has 0 atom stereocenters. The van der Waals surface area contributed by atoms with Crippen LogP contribution in [-0.4, -0.2) is 101 Å². The molecule has 0 spiro atoms. The van der Waals surface area contributed by atoms with Crippen molar-refractivity contribution in [2.24, 2.45) is 11.0 Å². The van der Waals surface area contributed by atoms with E-state index >= 15 is 0 Å². The molecule has 0 bridgehead atoms. The molecular weight excluding hydrogens is 799 g/mol. The van der Waals surface area contributed by atoms with Crippen LogP contribution >= 0.6 is 0 Å². The van der Waals surface area contributed by atoms with Gasteiger partial charge in [-0.15, -0.1) is 0 Å². The number of aromatic nitrogens is 7. The number of methoxy groups -OCH3 is 1. The third-order valence-corrected chi connectivity index (χ3v) is 7.25. The number of anilines is 1. The van der Waals surface area contributed by atoms with E-state index in [2.05, 4.69) is 45.3 Å². The molecule has 5 rings (SSSR count). The Balaban J connectivity index is -0.000000754. The number of aromatic carboxylic acids is 1. The zero-order chi connectivity index (χ0) is 43.7. The van der Waals surface area contributed by atoms with Crippen molar-refractivity contribution in [3.8, 4) is 11.6 Å². The molecule has 0 aromatic carbocycles. The largest absolute Gasteiger partial charge is 1.00 e. The van der Waals surface area contributed by atoms with Crippen LogP contribution in [-0.2, 0) is 23.9 Å². The predicted molar refractivity (Wildman–Crippen MR) is 230 cm³/mol. The van der Waals surface area contributed by atoms with Gasteiger partial charge in [-0.2, -0.15) is 10.2 Å². The molecule has 0 aliphatic carbocycles. The van der Waals surface area contributed by atoms with Crippen molar-refractivity contribution >= 4 is 35.2 Å². The number of hydrazine groups is 1. The van der Waals surface area contributed by atoms with Gasteiger partial charge in [0.05, 0.1) is 31.5 Å². The van der Waals surface area contributed by atoms with Crippen molar-refractivity contribution in [3.05, 3.63) is 105 Å². The third-order valence-electron chi connectivity index (χ3n) is 7.25. The number of Topliss-reactive ketones (excluding diaryl/α,β-unsaturated/α-hetero) is 1. The van der Waals surface area contributed by atoms with Crippen molar-refractivity contribution in [2.45, 2.75) is 83.1 Å². The first-order chi connectivity index (χ1) is 27.3. The smallest absolute Gasteiger partial charge is 0.870 e. The molecule has 334 valence electrons. The Labute approximate surface area is 374 Å². The molecule has 0 unspecified atom stereocenters. The van der Waals surface area contributed by atoms with Crippen LogP contribution in [0, 0.1) is 55.4 Å². The zero-order valence-electron chi connectivity index (χ0n) is 36.9. The molecule has 0 saturated carbocycles. The molecule has 5 aromatic heterocycles. The van der Waals surface area contributed by atoms with Gasteiger partial charge < -0.3 is 35.8 Å². The molecule has 62 heavy (non-hydrogen) atoms. The summed E-state index contributed by atoms with van der Waals surface area (Å²) < 4.78 is 12.3. The number of nitrogens with two attached hydrogens (primary N) is 1. The van der Waals surface area contributed by atoms with Crippen molar-refractivity contribution in [1.82, 2.24) is 34.5 Å². The molecule has 5 aromatic rings. The normalized spacial score (nSPS) is 9.73. The summed E-state index contributed by atoms with van der Waals surface area (Å²) in [5.74, 6) is 4.85. The maximum absolute atomic E-state index is 11.9. The van der Waals surface area contributed by atoms with Gasteiger partial charge in [-0.25, -0.2) is 44.5 Å². The van der Waals surface area contributed by atoms with Crippen LogP contribution in [0.4, 0.5) is 5.82 Å². The summed E-state index contributed by atoms with van der Waals surface area (Å²) >= 11 is 0. The molecular formula is C41H59LiN10O10. The van der Waals surface area contributed by atoms with E-state index in [-0.39, 0.29) is 66.8 Å². The van der Waals surface area contributed by atoms with Crippen LogP contribution < -0.4 is 30.1 Å². The fraction of sp³-hybridized carbons (Fsp3) is 0.366. The summed E-state index contributed by atoms with van der Waals surface area (Å²) in [5.41, 5.74) is 10.4.